The molecule has 0 spiro atoms. The molecular weight excluding hydrogens is 236 g/mol. The Morgan fingerprint density at radius 3 is 2.32 bits per heavy atom. The molecular formula is C16H20N2O. The molecule has 0 bridgehead atoms. The van der Waals surface area contributed by atoms with Gasteiger partial charge in [0.1, 0.15) is 5.75 Å². The first-order chi connectivity index (χ1) is 9.38. The van der Waals surface area contributed by atoms with E-state index in [-0.39, 0.29) is 0 Å². The van der Waals surface area contributed by atoms with Gasteiger partial charge in [-0.05, 0) is 29.8 Å². The molecule has 2 N–H and O–H groups in total. The van der Waals surface area contributed by atoms with Gasteiger partial charge < -0.3 is 15.4 Å². The summed E-state index contributed by atoms with van der Waals surface area (Å²) in [6.45, 7) is 2.74. The molecule has 0 aliphatic rings. The average molecular weight is 256 g/mol. The van der Waals surface area contributed by atoms with Crippen LogP contribution in [0.1, 0.15) is 5.56 Å². The molecule has 0 amide bonds. The van der Waals surface area contributed by atoms with Crippen molar-refractivity contribution in [1.29, 1.82) is 0 Å². The van der Waals surface area contributed by atoms with E-state index in [4.69, 9.17) is 4.74 Å². The van der Waals surface area contributed by atoms with Crippen LogP contribution in [0.5, 0.6) is 5.75 Å². The topological polar surface area (TPSA) is 33.3 Å². The molecule has 0 unspecified atom stereocenters. The van der Waals surface area contributed by atoms with E-state index in [1.165, 1.54) is 5.56 Å². The minimum absolute atomic E-state index is 0.882. The third-order valence-electron chi connectivity index (χ3n) is 2.89. The first kappa shape index (κ1) is 13.4. The first-order valence-corrected chi connectivity index (χ1v) is 6.51. The minimum atomic E-state index is 0.882. The molecule has 0 fully saturated rings. The van der Waals surface area contributed by atoms with Crippen molar-refractivity contribution in [1.82, 2.24) is 5.32 Å². The van der Waals surface area contributed by atoms with Gasteiger partial charge >= 0.3 is 0 Å². The van der Waals surface area contributed by atoms with Crippen LogP contribution in [0.2, 0.25) is 0 Å². The summed E-state index contributed by atoms with van der Waals surface area (Å²) in [7, 11) is 1.68. The van der Waals surface area contributed by atoms with Crippen LogP contribution in [-0.2, 0) is 6.54 Å². The molecule has 3 nitrogen and oxygen atoms in total. The van der Waals surface area contributed by atoms with E-state index >= 15 is 0 Å². The minimum Gasteiger partial charge on any atom is -0.497 e. The zero-order chi connectivity index (χ0) is 13.3. The van der Waals surface area contributed by atoms with E-state index in [2.05, 4.69) is 34.9 Å². The maximum absolute atomic E-state index is 5.12. The summed E-state index contributed by atoms with van der Waals surface area (Å²) in [4.78, 5) is 0. The van der Waals surface area contributed by atoms with Crippen LogP contribution in [0.25, 0.3) is 0 Å². The lowest BCUT2D eigenvalue weighted by atomic mass is 10.2. The van der Waals surface area contributed by atoms with Gasteiger partial charge in [-0.2, -0.15) is 0 Å². The van der Waals surface area contributed by atoms with Crippen molar-refractivity contribution in [2.75, 3.05) is 25.5 Å². The van der Waals surface area contributed by atoms with Gasteiger partial charge in [-0.3, -0.25) is 0 Å². The number of nitrogens with one attached hydrogen (secondary N) is 2. The molecule has 0 aromatic heterocycles. The lowest BCUT2D eigenvalue weighted by Gasteiger charge is -2.08. The maximum atomic E-state index is 5.12. The number of rotatable bonds is 7. The Labute approximate surface area is 114 Å². The SMILES string of the molecule is COc1ccc(NCCNCc2ccccc2)cc1. The largest absolute Gasteiger partial charge is 0.497 e. The van der Waals surface area contributed by atoms with Crippen LogP contribution < -0.4 is 15.4 Å². The highest BCUT2D eigenvalue weighted by Gasteiger charge is 1.94. The third kappa shape index (κ3) is 4.64. The second-order valence-corrected chi connectivity index (χ2v) is 4.32. The number of methoxy groups -OCH3 is 1. The fraction of sp³-hybridized carbons (Fsp3) is 0.250. The molecule has 2 aromatic carbocycles. The molecule has 0 atom stereocenters. The van der Waals surface area contributed by atoms with E-state index in [1.807, 2.05) is 30.3 Å². The van der Waals surface area contributed by atoms with E-state index in [0.717, 1.165) is 31.1 Å². The number of benzene rings is 2. The molecule has 0 aliphatic carbocycles. The summed E-state index contributed by atoms with van der Waals surface area (Å²) in [5, 5.41) is 6.77. The Morgan fingerprint density at radius 2 is 1.63 bits per heavy atom. The number of ether oxygens (including phenoxy) is 1. The van der Waals surface area contributed by atoms with E-state index in [0.29, 0.717) is 0 Å². The first-order valence-electron chi connectivity index (χ1n) is 6.51. The smallest absolute Gasteiger partial charge is 0.119 e. The van der Waals surface area contributed by atoms with Gasteiger partial charge in [0.15, 0.2) is 0 Å². The fourth-order valence-corrected chi connectivity index (χ4v) is 1.83. The highest BCUT2D eigenvalue weighted by molar-refractivity contribution is 5.46. The zero-order valence-electron chi connectivity index (χ0n) is 11.2. The van der Waals surface area contributed by atoms with Crippen molar-refractivity contribution in [2.45, 2.75) is 6.54 Å². The lowest BCUT2D eigenvalue weighted by molar-refractivity contribution is 0.415. The van der Waals surface area contributed by atoms with Crippen LogP contribution in [0.4, 0.5) is 5.69 Å². The highest BCUT2D eigenvalue weighted by atomic mass is 16.5. The van der Waals surface area contributed by atoms with E-state index in [1.54, 1.807) is 7.11 Å². The fourth-order valence-electron chi connectivity index (χ4n) is 1.83. The van der Waals surface area contributed by atoms with E-state index < -0.39 is 0 Å². The molecule has 19 heavy (non-hydrogen) atoms. The van der Waals surface area contributed by atoms with Crippen LogP contribution in [-0.4, -0.2) is 20.2 Å². The van der Waals surface area contributed by atoms with Gasteiger partial charge in [-0.1, -0.05) is 30.3 Å². The van der Waals surface area contributed by atoms with Crippen LogP contribution in [0, 0.1) is 0 Å². The predicted octanol–water partition coefficient (Wildman–Crippen LogP) is 2.90. The summed E-state index contributed by atoms with van der Waals surface area (Å²) in [5.74, 6) is 0.882. The molecule has 0 saturated carbocycles. The van der Waals surface area contributed by atoms with Gasteiger partial charge in [-0.25, -0.2) is 0 Å². The van der Waals surface area contributed by atoms with Crippen LogP contribution >= 0.6 is 0 Å². The Bertz CT molecular complexity index is 468. The molecule has 0 heterocycles. The summed E-state index contributed by atoms with van der Waals surface area (Å²) in [6.07, 6.45) is 0. The molecule has 100 valence electrons. The van der Waals surface area contributed by atoms with Gasteiger partial charge in [0.2, 0.25) is 0 Å². The second-order valence-electron chi connectivity index (χ2n) is 4.32. The summed E-state index contributed by atoms with van der Waals surface area (Å²) < 4.78 is 5.12. The van der Waals surface area contributed by atoms with Crippen molar-refractivity contribution in [3.8, 4) is 5.75 Å². The highest BCUT2D eigenvalue weighted by Crippen LogP contribution is 2.14. The van der Waals surface area contributed by atoms with Crippen molar-refractivity contribution in [2.24, 2.45) is 0 Å². The Balaban J connectivity index is 1.63. The third-order valence-corrected chi connectivity index (χ3v) is 2.89. The zero-order valence-corrected chi connectivity index (χ0v) is 11.2. The lowest BCUT2D eigenvalue weighted by Crippen LogP contribution is -2.21. The van der Waals surface area contributed by atoms with E-state index in [9.17, 15) is 0 Å². The Kier molecular flexibility index (Phi) is 5.26. The second kappa shape index (κ2) is 7.44. The monoisotopic (exact) mass is 256 g/mol. The van der Waals surface area contributed by atoms with Crippen molar-refractivity contribution in [3.05, 3.63) is 60.2 Å². The van der Waals surface area contributed by atoms with Crippen molar-refractivity contribution in [3.63, 3.8) is 0 Å². The predicted molar refractivity (Wildman–Crippen MR) is 79.6 cm³/mol. The Hall–Kier alpha value is -2.00. The normalized spacial score (nSPS) is 10.2. The van der Waals surface area contributed by atoms with Crippen LogP contribution in [0.15, 0.2) is 54.6 Å². The molecule has 2 rings (SSSR count). The standard InChI is InChI=1S/C16H20N2O/c1-19-16-9-7-15(8-10-16)18-12-11-17-13-14-5-3-2-4-6-14/h2-10,17-18H,11-13H2,1H3. The number of anilines is 1. The summed E-state index contributed by atoms with van der Waals surface area (Å²) in [6, 6.07) is 18.4. The van der Waals surface area contributed by atoms with Crippen molar-refractivity contribution >= 4 is 5.69 Å². The van der Waals surface area contributed by atoms with Gasteiger partial charge in [0.05, 0.1) is 7.11 Å². The average Bonchev–Trinajstić information content (AvgIpc) is 2.49. The van der Waals surface area contributed by atoms with Gasteiger partial charge in [0.25, 0.3) is 0 Å². The molecule has 0 saturated heterocycles. The summed E-state index contributed by atoms with van der Waals surface area (Å²) >= 11 is 0. The molecule has 0 radical (unpaired) electrons. The molecule has 2 aromatic rings. The van der Waals surface area contributed by atoms with Gasteiger partial charge in [0, 0.05) is 25.3 Å². The quantitative estimate of drug-likeness (QED) is 0.747. The molecule has 3 heteroatoms. The maximum Gasteiger partial charge on any atom is 0.119 e. The number of hydrogen-bond acceptors (Lipinski definition) is 3. The summed E-state index contributed by atoms with van der Waals surface area (Å²) in [5.41, 5.74) is 2.43. The van der Waals surface area contributed by atoms with Crippen molar-refractivity contribution < 1.29 is 4.74 Å². The van der Waals surface area contributed by atoms with Crippen LogP contribution in [0.3, 0.4) is 0 Å². The van der Waals surface area contributed by atoms with Gasteiger partial charge in [-0.15, -0.1) is 0 Å². The number of hydrogen-bond donors (Lipinski definition) is 2. The Morgan fingerprint density at radius 1 is 0.895 bits per heavy atom. The molecule has 0 aliphatic heterocycles.